The van der Waals surface area contributed by atoms with Crippen molar-refractivity contribution in [1.82, 2.24) is 19.8 Å². The van der Waals surface area contributed by atoms with Gasteiger partial charge in [-0.1, -0.05) is 6.92 Å². The van der Waals surface area contributed by atoms with Crippen LogP contribution < -0.4 is 10.2 Å². The van der Waals surface area contributed by atoms with Crippen molar-refractivity contribution in [2.24, 2.45) is 0 Å². The Hall–Kier alpha value is -3.97. The average molecular weight is 719 g/mol. The molecule has 19 heteroatoms. The highest BCUT2D eigenvalue weighted by atomic mass is 32.2. The third-order valence-electron chi connectivity index (χ3n) is 8.55. The zero-order valence-corrected chi connectivity index (χ0v) is 27.0. The van der Waals surface area contributed by atoms with Crippen molar-refractivity contribution in [3.63, 3.8) is 0 Å². The summed E-state index contributed by atoms with van der Waals surface area (Å²) in [4.78, 5) is 36.0. The van der Waals surface area contributed by atoms with Crippen LogP contribution in [0.1, 0.15) is 27.7 Å². The van der Waals surface area contributed by atoms with Gasteiger partial charge >= 0.3 is 18.3 Å². The molecule has 2 atom stereocenters. The number of aromatic nitrogens is 2. The minimum Gasteiger partial charge on any atom is -0.377 e. The van der Waals surface area contributed by atoms with Crippen LogP contribution in [0.5, 0.6) is 0 Å². The second-order valence-electron chi connectivity index (χ2n) is 11.5. The molecule has 2 amide bonds. The first-order valence-electron chi connectivity index (χ1n) is 14.7. The number of amides is 2. The first-order chi connectivity index (χ1) is 22.5. The van der Waals surface area contributed by atoms with Crippen molar-refractivity contribution >= 4 is 50.3 Å². The molecule has 1 aromatic carbocycles. The number of piperazine rings is 1. The van der Waals surface area contributed by atoms with Crippen LogP contribution in [-0.4, -0.2) is 104 Å². The van der Waals surface area contributed by atoms with Crippen LogP contribution in [0.4, 0.5) is 43.7 Å². The first-order valence-corrected chi connectivity index (χ1v) is 17.1. The van der Waals surface area contributed by atoms with E-state index in [-0.39, 0.29) is 59.2 Å². The highest BCUT2D eigenvalue weighted by Crippen LogP contribution is 2.42. The maximum absolute atomic E-state index is 14.1. The molecule has 11 nitrogen and oxygen atoms in total. The largest absolute Gasteiger partial charge is 0.471 e. The molecule has 2 saturated heterocycles. The summed E-state index contributed by atoms with van der Waals surface area (Å²) >= 11 is 0.606. The van der Waals surface area contributed by atoms with Crippen LogP contribution >= 0.6 is 11.3 Å². The van der Waals surface area contributed by atoms with Gasteiger partial charge in [0.15, 0.2) is 9.84 Å². The van der Waals surface area contributed by atoms with Gasteiger partial charge < -0.3 is 24.8 Å². The molecule has 1 N–H and O–H groups in total. The molecule has 3 aliphatic rings. The zero-order valence-electron chi connectivity index (χ0n) is 25.4. The predicted molar refractivity (Wildman–Crippen MR) is 162 cm³/mol. The summed E-state index contributed by atoms with van der Waals surface area (Å²) in [5.74, 6) is -3.14. The number of benzene rings is 1. The molecule has 48 heavy (non-hydrogen) atoms. The Morgan fingerprint density at radius 2 is 1.81 bits per heavy atom. The number of sulfone groups is 1. The van der Waals surface area contributed by atoms with Crippen LogP contribution in [0, 0.1) is 0 Å². The zero-order chi connectivity index (χ0) is 34.8. The Labute approximate surface area is 274 Å². The van der Waals surface area contributed by atoms with E-state index in [2.05, 4.69) is 15.3 Å². The summed E-state index contributed by atoms with van der Waals surface area (Å²) in [6.45, 7) is 1.80. The Bertz CT molecular complexity index is 1880. The average Bonchev–Trinajstić information content (AvgIpc) is 3.69. The lowest BCUT2D eigenvalue weighted by molar-refractivity contribution is -0.188. The summed E-state index contributed by atoms with van der Waals surface area (Å²) < 4.78 is 113. The Kier molecular flexibility index (Phi) is 8.60. The minimum atomic E-state index is -5.01. The number of alkyl halides is 6. The number of anilines is 3. The lowest BCUT2D eigenvalue weighted by Crippen LogP contribution is -2.62. The number of aryl methyl sites for hydroxylation is 1. The molecule has 0 aliphatic carbocycles. The number of halogens is 6. The van der Waals surface area contributed by atoms with Gasteiger partial charge in [-0.05, 0) is 36.2 Å². The van der Waals surface area contributed by atoms with Gasteiger partial charge in [0.25, 0.3) is 5.91 Å². The smallest absolute Gasteiger partial charge is 0.377 e. The van der Waals surface area contributed by atoms with Gasteiger partial charge in [0.2, 0.25) is 5.95 Å². The molecular weight excluding hydrogens is 690 g/mol. The lowest BCUT2D eigenvalue weighted by atomic mass is 10.0. The summed E-state index contributed by atoms with van der Waals surface area (Å²) in [5, 5.41) is 2.93. The number of hydrogen-bond donors (Lipinski definition) is 1. The van der Waals surface area contributed by atoms with Crippen molar-refractivity contribution in [2.45, 2.75) is 42.7 Å². The van der Waals surface area contributed by atoms with Gasteiger partial charge in [-0.15, -0.1) is 11.3 Å². The van der Waals surface area contributed by atoms with E-state index in [0.29, 0.717) is 40.9 Å². The number of fused-ring (bicyclic) bond motifs is 2. The van der Waals surface area contributed by atoms with Gasteiger partial charge in [-0.25, -0.2) is 18.4 Å². The standard InChI is InChI=1S/C29H28F6N6O5S2/c1-3-15-10-16(40-6-7-41(26(43)29(33,34)35)20-14-46-13-19(20)40)4-5-18(15)37-27-36-12-17(28(30,31)32)23(38-27)21-11-22-24(47-21)25(42)39(2)8-9-48(22,44)45/h4-5,10-12,19-20H,3,6-9,13-14H2,1-2H3,(H,36,37,38)/t19-,20+/m0/s1. The number of rotatable bonds is 5. The molecule has 2 aromatic heterocycles. The molecule has 2 fully saturated rings. The fourth-order valence-corrected chi connectivity index (χ4v) is 9.09. The number of nitrogens with one attached hydrogen (secondary N) is 1. The predicted octanol–water partition coefficient (Wildman–Crippen LogP) is 4.37. The lowest BCUT2D eigenvalue weighted by Gasteiger charge is -2.44. The van der Waals surface area contributed by atoms with Crippen LogP contribution in [0.3, 0.4) is 0 Å². The van der Waals surface area contributed by atoms with Crippen LogP contribution in [0.15, 0.2) is 35.4 Å². The van der Waals surface area contributed by atoms with E-state index in [1.165, 1.54) is 11.9 Å². The topological polar surface area (TPSA) is 125 Å². The molecule has 0 radical (unpaired) electrons. The SMILES string of the molecule is CCc1cc(N2CCN(C(=O)C(F)(F)F)[C@@H]3COC[C@@H]32)ccc1Nc1ncc(C(F)(F)F)c(-c2cc3c(s2)C(=O)N(C)CCS3(=O)=O)n1. The number of carbonyl (C=O) groups is 2. The molecule has 0 bridgehead atoms. The van der Waals surface area contributed by atoms with Crippen LogP contribution in [0.2, 0.25) is 0 Å². The number of nitrogens with zero attached hydrogens (tertiary/aromatic N) is 5. The fourth-order valence-electron chi connectivity index (χ4n) is 6.05. The highest BCUT2D eigenvalue weighted by molar-refractivity contribution is 7.91. The second-order valence-corrected chi connectivity index (χ2v) is 14.6. The first kappa shape index (κ1) is 33.9. The van der Waals surface area contributed by atoms with Gasteiger partial charge in [0.1, 0.15) is 10.4 Å². The molecule has 3 aromatic rings. The summed E-state index contributed by atoms with van der Waals surface area (Å²) in [7, 11) is -2.55. The maximum Gasteiger partial charge on any atom is 0.471 e. The van der Waals surface area contributed by atoms with Crippen molar-refractivity contribution in [1.29, 1.82) is 0 Å². The molecule has 3 aliphatic heterocycles. The van der Waals surface area contributed by atoms with E-state index in [1.54, 1.807) is 18.2 Å². The van der Waals surface area contributed by atoms with Crippen molar-refractivity contribution in [3.8, 4) is 10.6 Å². The van der Waals surface area contributed by atoms with E-state index in [9.17, 15) is 44.3 Å². The van der Waals surface area contributed by atoms with Gasteiger partial charge in [-0.3, -0.25) is 9.59 Å². The molecule has 6 rings (SSSR count). The number of thiophene rings is 1. The summed E-state index contributed by atoms with van der Waals surface area (Å²) in [6, 6.07) is 4.83. The Morgan fingerprint density at radius 3 is 2.50 bits per heavy atom. The Morgan fingerprint density at radius 1 is 1.08 bits per heavy atom. The molecule has 258 valence electrons. The van der Waals surface area contributed by atoms with Crippen LogP contribution in [-0.2, 0) is 32.0 Å². The van der Waals surface area contributed by atoms with Crippen molar-refractivity contribution in [3.05, 3.63) is 46.5 Å². The molecule has 0 spiro atoms. The van der Waals surface area contributed by atoms with E-state index >= 15 is 0 Å². The second kappa shape index (κ2) is 12.2. The van der Waals surface area contributed by atoms with Gasteiger partial charge in [-0.2, -0.15) is 26.3 Å². The van der Waals surface area contributed by atoms with Crippen molar-refractivity contribution < 1.29 is 49.1 Å². The Balaban J connectivity index is 1.31. The molecular formula is C29H28F6N6O5S2. The quantitative estimate of drug-likeness (QED) is 0.383. The minimum absolute atomic E-state index is 0.0408. The number of ether oxygens (including phenoxy) is 1. The van der Waals surface area contributed by atoms with Crippen molar-refractivity contribution in [2.75, 3.05) is 55.9 Å². The maximum atomic E-state index is 14.1. The number of hydrogen-bond acceptors (Lipinski definition) is 10. The van der Waals surface area contributed by atoms with E-state index < -0.39 is 57.3 Å². The molecule has 5 heterocycles. The van der Waals surface area contributed by atoms with Crippen LogP contribution in [0.25, 0.3) is 10.6 Å². The monoisotopic (exact) mass is 718 g/mol. The van der Waals surface area contributed by atoms with E-state index in [4.69, 9.17) is 4.74 Å². The van der Waals surface area contributed by atoms with E-state index in [1.807, 2.05) is 11.8 Å². The van der Waals surface area contributed by atoms with Gasteiger partial charge in [0.05, 0.1) is 46.5 Å². The highest BCUT2D eigenvalue weighted by Gasteiger charge is 2.50. The summed E-state index contributed by atoms with van der Waals surface area (Å²) in [6.07, 6.45) is -8.89. The summed E-state index contributed by atoms with van der Waals surface area (Å²) in [5.41, 5.74) is -0.0353. The molecule has 0 unspecified atom stereocenters. The third kappa shape index (κ3) is 6.18. The van der Waals surface area contributed by atoms with E-state index in [0.717, 1.165) is 11.0 Å². The molecule has 0 saturated carbocycles. The third-order valence-corrected chi connectivity index (χ3v) is 11.5. The van der Waals surface area contributed by atoms with Gasteiger partial charge in [0, 0.05) is 44.3 Å². The fraction of sp³-hybridized carbons (Fsp3) is 0.448. The normalized spacial score (nSPS) is 21.2. The number of carbonyl (C=O) groups excluding carboxylic acids is 2.